The van der Waals surface area contributed by atoms with Crippen molar-refractivity contribution in [1.82, 2.24) is 9.97 Å². The summed E-state index contributed by atoms with van der Waals surface area (Å²) in [6, 6.07) is 71.9. The Hall–Kier alpha value is -8.14. The monoisotopic (exact) mass is 802 g/mol. The third kappa shape index (κ3) is 5.81. The van der Waals surface area contributed by atoms with Crippen LogP contribution in [0.4, 0.5) is 0 Å². The molecule has 3 nitrogen and oxygen atoms in total. The van der Waals surface area contributed by atoms with Crippen molar-refractivity contribution in [3.05, 3.63) is 230 Å². The van der Waals surface area contributed by atoms with E-state index in [1.54, 1.807) is 0 Å². The van der Waals surface area contributed by atoms with Crippen molar-refractivity contribution in [2.75, 3.05) is 0 Å². The van der Waals surface area contributed by atoms with Gasteiger partial charge >= 0.3 is 0 Å². The quantitative estimate of drug-likeness (QED) is 0.163. The number of allylic oxidation sites excluding steroid dienone is 2. The summed E-state index contributed by atoms with van der Waals surface area (Å²) in [5.74, 6) is 1.73. The van der Waals surface area contributed by atoms with Crippen molar-refractivity contribution in [2.24, 2.45) is 0 Å². The largest absolute Gasteiger partial charge is 0.485 e. The van der Waals surface area contributed by atoms with Gasteiger partial charge in [0.05, 0.1) is 11.2 Å². The molecule has 0 bridgehead atoms. The van der Waals surface area contributed by atoms with Gasteiger partial charge in [-0.3, -0.25) is 0 Å². The molecule has 0 saturated carbocycles. The fourth-order valence-corrected chi connectivity index (χ4v) is 10.2. The Morgan fingerprint density at radius 3 is 1.71 bits per heavy atom. The highest BCUT2D eigenvalue weighted by Crippen LogP contribution is 2.47. The van der Waals surface area contributed by atoms with Gasteiger partial charge in [-0.1, -0.05) is 182 Å². The number of benzene rings is 10. The second-order valence-electron chi connectivity index (χ2n) is 16.8. The van der Waals surface area contributed by atoms with Crippen molar-refractivity contribution >= 4 is 59.6 Å². The van der Waals surface area contributed by atoms with Gasteiger partial charge in [-0.25, -0.2) is 9.97 Å². The molecule has 1 aromatic heterocycles. The molecule has 2 unspecified atom stereocenters. The van der Waals surface area contributed by atoms with E-state index in [4.69, 9.17) is 14.7 Å². The van der Waals surface area contributed by atoms with Gasteiger partial charge in [-0.15, -0.1) is 0 Å². The zero-order valence-corrected chi connectivity index (χ0v) is 34.2. The summed E-state index contributed by atoms with van der Waals surface area (Å²) in [4.78, 5) is 10.5. The van der Waals surface area contributed by atoms with Crippen LogP contribution in [0.2, 0.25) is 0 Å². The van der Waals surface area contributed by atoms with E-state index in [-0.39, 0.29) is 12.0 Å². The molecule has 10 aromatic carbocycles. The van der Waals surface area contributed by atoms with Crippen molar-refractivity contribution in [3.8, 4) is 50.6 Å². The molecule has 0 spiro atoms. The zero-order chi connectivity index (χ0) is 41.4. The Balaban J connectivity index is 0.904. The van der Waals surface area contributed by atoms with Crippen LogP contribution in [0.5, 0.6) is 5.75 Å². The fourth-order valence-electron chi connectivity index (χ4n) is 10.2. The van der Waals surface area contributed by atoms with Gasteiger partial charge in [-0.2, -0.15) is 0 Å². The molecule has 63 heavy (non-hydrogen) atoms. The summed E-state index contributed by atoms with van der Waals surface area (Å²) in [6.45, 7) is 0. The molecule has 13 rings (SSSR count). The molecule has 1 aliphatic carbocycles. The molecule has 294 valence electrons. The van der Waals surface area contributed by atoms with Crippen LogP contribution >= 0.6 is 0 Å². The second-order valence-corrected chi connectivity index (χ2v) is 16.8. The number of ether oxygens (including phenoxy) is 1. The van der Waals surface area contributed by atoms with E-state index in [1.807, 2.05) is 18.2 Å². The Morgan fingerprint density at radius 1 is 0.381 bits per heavy atom. The number of nitrogens with zero attached hydrogens (tertiary/aromatic N) is 2. The van der Waals surface area contributed by atoms with Gasteiger partial charge in [0.1, 0.15) is 11.9 Å². The number of hydrogen-bond acceptors (Lipinski definition) is 3. The summed E-state index contributed by atoms with van der Waals surface area (Å²) in [5, 5.41) is 11.0. The van der Waals surface area contributed by atoms with Gasteiger partial charge in [0.15, 0.2) is 5.82 Å². The minimum absolute atomic E-state index is 0.0615. The molecule has 0 saturated heterocycles. The molecule has 2 heterocycles. The predicted octanol–water partition coefficient (Wildman–Crippen LogP) is 15.4. The normalized spacial score (nSPS) is 15.5. The van der Waals surface area contributed by atoms with Gasteiger partial charge in [0.2, 0.25) is 0 Å². The molecular weight excluding hydrogens is 765 g/mol. The van der Waals surface area contributed by atoms with E-state index in [9.17, 15) is 0 Å². The van der Waals surface area contributed by atoms with Crippen molar-refractivity contribution in [2.45, 2.75) is 12.0 Å². The molecule has 2 aliphatic rings. The molecule has 0 fully saturated rings. The Kier molecular flexibility index (Phi) is 8.04. The maximum absolute atomic E-state index is 6.62. The number of fused-ring (bicyclic) bond motifs is 12. The number of rotatable bonds is 5. The Bertz CT molecular complexity index is 3680. The molecule has 0 N–H and O–H groups in total. The van der Waals surface area contributed by atoms with Gasteiger partial charge in [-0.05, 0) is 108 Å². The molecule has 0 radical (unpaired) electrons. The minimum Gasteiger partial charge on any atom is -0.485 e. The SMILES string of the molecule is C1=CC2Oc3ccc(-c4cc5c(-c6ccccc6)nc(-c6ccccc6)nc5c5ccccc45)cc3C2C=C1c1cccc(-c2ccc3c4ccccc4c4ccccc4c3c2)c1. The third-order valence-corrected chi connectivity index (χ3v) is 13.2. The van der Waals surface area contributed by atoms with Crippen LogP contribution in [0, 0.1) is 0 Å². The maximum Gasteiger partial charge on any atom is 0.160 e. The van der Waals surface area contributed by atoms with Crippen molar-refractivity contribution < 1.29 is 4.74 Å². The first-order chi connectivity index (χ1) is 31.2. The first kappa shape index (κ1) is 35.6. The molecule has 2 atom stereocenters. The maximum atomic E-state index is 6.62. The highest BCUT2D eigenvalue weighted by atomic mass is 16.5. The van der Waals surface area contributed by atoms with Crippen LogP contribution in [-0.4, -0.2) is 16.1 Å². The Labute approximate surface area is 364 Å². The third-order valence-electron chi connectivity index (χ3n) is 13.2. The zero-order valence-electron chi connectivity index (χ0n) is 34.2. The molecule has 0 amide bonds. The van der Waals surface area contributed by atoms with E-state index in [2.05, 4.69) is 200 Å². The average molecular weight is 803 g/mol. The molecule has 3 heteroatoms. The summed E-state index contributed by atoms with van der Waals surface area (Å²) < 4.78 is 6.62. The lowest BCUT2D eigenvalue weighted by atomic mass is 9.85. The lowest BCUT2D eigenvalue weighted by Crippen LogP contribution is -2.17. The van der Waals surface area contributed by atoms with Crippen LogP contribution in [0.15, 0.2) is 218 Å². The highest BCUT2D eigenvalue weighted by molar-refractivity contribution is 6.25. The second kappa shape index (κ2) is 14.2. The van der Waals surface area contributed by atoms with Crippen LogP contribution in [-0.2, 0) is 0 Å². The first-order valence-electron chi connectivity index (χ1n) is 21.7. The van der Waals surface area contributed by atoms with Crippen molar-refractivity contribution in [1.29, 1.82) is 0 Å². The first-order valence-corrected chi connectivity index (χ1v) is 21.7. The summed E-state index contributed by atoms with van der Waals surface area (Å²) in [5.41, 5.74) is 12.2. The van der Waals surface area contributed by atoms with E-state index in [0.717, 1.165) is 61.2 Å². The predicted molar refractivity (Wildman–Crippen MR) is 262 cm³/mol. The van der Waals surface area contributed by atoms with Crippen LogP contribution in [0.3, 0.4) is 0 Å². The molecule has 1 aliphatic heterocycles. The number of aromatic nitrogens is 2. The van der Waals surface area contributed by atoms with E-state index >= 15 is 0 Å². The topological polar surface area (TPSA) is 35.0 Å². The van der Waals surface area contributed by atoms with E-state index in [0.29, 0.717) is 0 Å². The van der Waals surface area contributed by atoms with Crippen LogP contribution in [0.25, 0.3) is 104 Å². The van der Waals surface area contributed by atoms with Gasteiger partial charge in [0, 0.05) is 33.4 Å². The Morgan fingerprint density at radius 2 is 0.968 bits per heavy atom. The average Bonchev–Trinajstić information content (AvgIpc) is 3.73. The lowest BCUT2D eigenvalue weighted by molar-refractivity contribution is 0.269. The van der Waals surface area contributed by atoms with Gasteiger partial charge < -0.3 is 4.74 Å². The summed E-state index contributed by atoms with van der Waals surface area (Å²) in [7, 11) is 0. The van der Waals surface area contributed by atoms with Crippen LogP contribution in [0.1, 0.15) is 17.0 Å². The highest BCUT2D eigenvalue weighted by Gasteiger charge is 2.34. The van der Waals surface area contributed by atoms with Crippen LogP contribution < -0.4 is 4.74 Å². The minimum atomic E-state index is -0.0615. The van der Waals surface area contributed by atoms with Crippen molar-refractivity contribution in [3.63, 3.8) is 0 Å². The molecule has 11 aromatic rings. The van der Waals surface area contributed by atoms with Gasteiger partial charge in [0.25, 0.3) is 0 Å². The number of hydrogen-bond donors (Lipinski definition) is 0. The summed E-state index contributed by atoms with van der Waals surface area (Å²) >= 11 is 0. The van der Waals surface area contributed by atoms with E-state index < -0.39 is 0 Å². The lowest BCUT2D eigenvalue weighted by Gasteiger charge is -2.19. The standard InChI is InChI=1S/C60H38N2O/c1-3-14-37(15-4-1)58-55-36-51(48-24-11-12-25-50(48)59(55)62-60(61-58)38-16-5-2-6-17-38)43-28-31-57-54(35-43)53-34-42(27-30-56(53)63-57)40-19-13-18-39(32-40)41-26-29-49-46-22-8-7-20-44(46)45-21-9-10-23-47(45)52(49)33-41/h1-36,53,56H. The smallest absolute Gasteiger partial charge is 0.160 e. The molecular formula is C60H38N2O. The summed E-state index contributed by atoms with van der Waals surface area (Å²) in [6.07, 6.45) is 6.82. The van der Waals surface area contributed by atoms with E-state index in [1.165, 1.54) is 60.1 Å². The fraction of sp³-hybridized carbons (Fsp3) is 0.0333.